The van der Waals surface area contributed by atoms with Crippen LogP contribution in [0.4, 0.5) is 10.1 Å². The fraction of sp³-hybridized carbons (Fsp3) is 0. The Hall–Kier alpha value is -2.21. The van der Waals surface area contributed by atoms with E-state index < -0.39 is 15.8 Å². The monoisotopic (exact) mass is 279 g/mol. The third kappa shape index (κ3) is 2.97. The van der Waals surface area contributed by atoms with E-state index in [1.165, 1.54) is 42.5 Å². The smallest absolute Gasteiger partial charge is 0.261 e. The van der Waals surface area contributed by atoms with Gasteiger partial charge in [-0.15, -0.1) is 0 Å². The quantitative estimate of drug-likeness (QED) is 0.874. The average Bonchev–Trinajstić information content (AvgIpc) is 2.41. The first-order chi connectivity index (χ1) is 9.03. The van der Waals surface area contributed by atoms with Gasteiger partial charge in [-0.3, -0.25) is 9.52 Å². The second-order valence-electron chi connectivity index (χ2n) is 3.77. The Bertz CT molecular complexity index is 696. The van der Waals surface area contributed by atoms with E-state index in [2.05, 4.69) is 4.72 Å². The van der Waals surface area contributed by atoms with E-state index in [1.807, 2.05) is 0 Å². The lowest BCUT2D eigenvalue weighted by atomic mass is 10.2. The molecule has 0 aliphatic rings. The minimum Gasteiger partial charge on any atom is -0.298 e. The van der Waals surface area contributed by atoms with Gasteiger partial charge in [-0.05, 0) is 24.3 Å². The summed E-state index contributed by atoms with van der Waals surface area (Å²) in [6.07, 6.45) is 0.612. The maximum absolute atomic E-state index is 13.4. The lowest BCUT2D eigenvalue weighted by Crippen LogP contribution is -2.13. The molecule has 0 unspecified atom stereocenters. The van der Waals surface area contributed by atoms with Gasteiger partial charge in [0.05, 0.1) is 10.6 Å². The summed E-state index contributed by atoms with van der Waals surface area (Å²) in [5.74, 6) is -0.657. The Balaban J connectivity index is 2.32. The predicted octanol–water partition coefficient (Wildman–Crippen LogP) is 2.44. The number of hydrogen-bond donors (Lipinski definition) is 1. The molecule has 2 rings (SSSR count). The fourth-order valence-corrected chi connectivity index (χ4v) is 2.54. The summed E-state index contributed by atoms with van der Waals surface area (Å²) in [7, 11) is -3.87. The van der Waals surface area contributed by atoms with Crippen LogP contribution >= 0.6 is 0 Å². The zero-order chi connectivity index (χ0) is 13.9. The van der Waals surface area contributed by atoms with Gasteiger partial charge in [0.2, 0.25) is 0 Å². The molecular weight excluding hydrogens is 269 g/mol. The number of benzene rings is 2. The molecule has 1 N–H and O–H groups in total. The summed E-state index contributed by atoms with van der Waals surface area (Å²) in [5, 5.41) is 0. The molecule has 4 nitrogen and oxygen atoms in total. The third-order valence-corrected chi connectivity index (χ3v) is 3.83. The van der Waals surface area contributed by atoms with Crippen LogP contribution in [0.15, 0.2) is 53.4 Å². The Kier molecular flexibility index (Phi) is 3.62. The number of carbonyl (C=O) groups excluding carboxylic acids is 1. The van der Waals surface area contributed by atoms with Crippen molar-refractivity contribution in [3.8, 4) is 0 Å². The highest BCUT2D eigenvalue weighted by Gasteiger charge is 2.15. The van der Waals surface area contributed by atoms with E-state index in [0.29, 0.717) is 11.8 Å². The highest BCUT2D eigenvalue weighted by atomic mass is 32.2. The molecule has 0 saturated carbocycles. The topological polar surface area (TPSA) is 63.2 Å². The van der Waals surface area contributed by atoms with Crippen molar-refractivity contribution >= 4 is 22.0 Å². The van der Waals surface area contributed by atoms with Crippen molar-refractivity contribution < 1.29 is 17.6 Å². The number of halogens is 1. The van der Waals surface area contributed by atoms with Crippen LogP contribution in [-0.2, 0) is 10.0 Å². The largest absolute Gasteiger partial charge is 0.298 e. The minimum absolute atomic E-state index is 0.0404. The number of para-hydroxylation sites is 1. The van der Waals surface area contributed by atoms with E-state index in [-0.39, 0.29) is 10.6 Å². The van der Waals surface area contributed by atoms with Gasteiger partial charge in [-0.2, -0.15) is 0 Å². The van der Waals surface area contributed by atoms with Crippen LogP contribution in [0.3, 0.4) is 0 Å². The molecule has 0 fully saturated rings. The van der Waals surface area contributed by atoms with E-state index in [0.717, 1.165) is 6.07 Å². The number of nitrogens with one attached hydrogen (secondary N) is 1. The fourth-order valence-electron chi connectivity index (χ4n) is 1.47. The van der Waals surface area contributed by atoms with Crippen molar-refractivity contribution in [2.45, 2.75) is 4.90 Å². The van der Waals surface area contributed by atoms with Gasteiger partial charge >= 0.3 is 0 Å². The van der Waals surface area contributed by atoms with E-state index in [4.69, 9.17) is 0 Å². The van der Waals surface area contributed by atoms with Gasteiger partial charge in [0.25, 0.3) is 10.0 Å². The molecule has 0 spiro atoms. The zero-order valence-corrected chi connectivity index (χ0v) is 10.5. The molecule has 2 aromatic rings. The summed E-state index contributed by atoms with van der Waals surface area (Å²) < 4.78 is 39.5. The normalized spacial score (nSPS) is 11.0. The van der Waals surface area contributed by atoms with Gasteiger partial charge in [0.1, 0.15) is 12.1 Å². The highest BCUT2D eigenvalue weighted by molar-refractivity contribution is 7.92. The number of sulfonamides is 1. The lowest BCUT2D eigenvalue weighted by Gasteiger charge is -2.08. The van der Waals surface area contributed by atoms with Crippen LogP contribution in [0, 0.1) is 5.82 Å². The van der Waals surface area contributed by atoms with Crippen LogP contribution in [0.5, 0.6) is 0 Å². The number of aldehydes is 1. The summed E-state index contributed by atoms with van der Waals surface area (Å²) in [4.78, 5) is 10.4. The van der Waals surface area contributed by atoms with Crippen molar-refractivity contribution in [2.75, 3.05) is 4.72 Å². The van der Waals surface area contributed by atoms with Gasteiger partial charge in [0.15, 0.2) is 0 Å². The van der Waals surface area contributed by atoms with Crippen molar-refractivity contribution in [1.29, 1.82) is 0 Å². The number of carbonyl (C=O) groups is 1. The van der Waals surface area contributed by atoms with Crippen LogP contribution < -0.4 is 4.72 Å². The summed E-state index contributed by atoms with van der Waals surface area (Å²) in [6.45, 7) is 0. The second kappa shape index (κ2) is 5.19. The van der Waals surface area contributed by atoms with Crippen molar-refractivity contribution in [3.05, 3.63) is 59.9 Å². The first kappa shape index (κ1) is 13.2. The number of rotatable bonds is 4. The molecule has 0 atom stereocenters. The molecule has 2 aromatic carbocycles. The van der Waals surface area contributed by atoms with Gasteiger partial charge < -0.3 is 0 Å². The first-order valence-electron chi connectivity index (χ1n) is 5.35. The first-order valence-corrected chi connectivity index (χ1v) is 6.84. The summed E-state index contributed by atoms with van der Waals surface area (Å²) in [6, 6.07) is 10.8. The molecule has 0 aliphatic heterocycles. The molecule has 98 valence electrons. The second-order valence-corrected chi connectivity index (χ2v) is 5.45. The molecule has 0 heterocycles. The highest BCUT2D eigenvalue weighted by Crippen LogP contribution is 2.18. The molecule has 0 aliphatic carbocycles. The van der Waals surface area contributed by atoms with Crippen LogP contribution in [0.25, 0.3) is 0 Å². The van der Waals surface area contributed by atoms with Crippen molar-refractivity contribution in [2.24, 2.45) is 0 Å². The molecule has 6 heteroatoms. The Morgan fingerprint density at radius 3 is 2.21 bits per heavy atom. The molecule has 0 bridgehead atoms. The Morgan fingerprint density at radius 2 is 1.63 bits per heavy atom. The van der Waals surface area contributed by atoms with E-state index in [9.17, 15) is 17.6 Å². The lowest BCUT2D eigenvalue weighted by molar-refractivity contribution is 0.112. The van der Waals surface area contributed by atoms with Crippen molar-refractivity contribution in [3.63, 3.8) is 0 Å². The average molecular weight is 279 g/mol. The molecular formula is C13H10FNO3S. The number of hydrogen-bond acceptors (Lipinski definition) is 3. The summed E-state index contributed by atoms with van der Waals surface area (Å²) in [5.41, 5.74) is 0.242. The molecule has 0 aromatic heterocycles. The zero-order valence-electron chi connectivity index (χ0n) is 9.71. The third-order valence-electron chi connectivity index (χ3n) is 2.44. The maximum Gasteiger partial charge on any atom is 0.261 e. The van der Waals surface area contributed by atoms with Crippen LogP contribution in [-0.4, -0.2) is 14.7 Å². The van der Waals surface area contributed by atoms with E-state index in [1.54, 1.807) is 0 Å². The van der Waals surface area contributed by atoms with Gasteiger partial charge in [-0.1, -0.05) is 24.3 Å². The minimum atomic E-state index is -3.87. The number of anilines is 1. The Morgan fingerprint density at radius 1 is 1.00 bits per heavy atom. The maximum atomic E-state index is 13.4. The van der Waals surface area contributed by atoms with E-state index >= 15 is 0 Å². The van der Waals surface area contributed by atoms with Crippen LogP contribution in [0.2, 0.25) is 0 Å². The Labute approximate surface area is 109 Å². The molecule has 19 heavy (non-hydrogen) atoms. The molecule has 0 radical (unpaired) electrons. The summed E-state index contributed by atoms with van der Waals surface area (Å²) >= 11 is 0. The predicted molar refractivity (Wildman–Crippen MR) is 69.0 cm³/mol. The van der Waals surface area contributed by atoms with Crippen LogP contribution in [0.1, 0.15) is 10.4 Å². The van der Waals surface area contributed by atoms with Gasteiger partial charge in [0, 0.05) is 5.56 Å². The standard InChI is InChI=1S/C13H10FNO3S/c14-12-3-1-2-4-13(12)15-19(17,18)11-7-5-10(9-16)6-8-11/h1-9,15H. The van der Waals surface area contributed by atoms with Gasteiger partial charge in [-0.25, -0.2) is 12.8 Å². The van der Waals surface area contributed by atoms with Crippen molar-refractivity contribution in [1.82, 2.24) is 0 Å². The SMILES string of the molecule is O=Cc1ccc(S(=O)(=O)Nc2ccccc2F)cc1. The molecule has 0 saturated heterocycles. The molecule has 0 amide bonds.